The van der Waals surface area contributed by atoms with Gasteiger partial charge >= 0.3 is 44.8 Å². The van der Waals surface area contributed by atoms with E-state index in [1.54, 1.807) is 128 Å². The van der Waals surface area contributed by atoms with Crippen molar-refractivity contribution in [3.8, 4) is 11.8 Å². The first-order valence-corrected chi connectivity index (χ1v) is 27.3. The van der Waals surface area contributed by atoms with E-state index in [-0.39, 0.29) is 60.6 Å². The van der Waals surface area contributed by atoms with E-state index in [0.29, 0.717) is 0 Å². The summed E-state index contributed by atoms with van der Waals surface area (Å²) >= 11 is 0. The largest absolute Gasteiger partial charge is 1.00 e. The second kappa shape index (κ2) is 23.7. The second-order valence-electron chi connectivity index (χ2n) is 18.5. The van der Waals surface area contributed by atoms with E-state index in [0.717, 1.165) is 16.6 Å². The fraction of sp³-hybridized carbons (Fsp3) is 0.491. The Bertz CT molecular complexity index is 2310. The van der Waals surface area contributed by atoms with Gasteiger partial charge in [-0.05, 0) is 120 Å². The average molecular weight is 1210 g/mol. The van der Waals surface area contributed by atoms with Crippen molar-refractivity contribution in [2.24, 2.45) is 14.1 Å². The Morgan fingerprint density at radius 1 is 0.426 bits per heavy atom. The maximum absolute atomic E-state index is 7.18. The molecule has 0 saturated heterocycles. The first kappa shape index (κ1) is 48.4. The Kier molecular flexibility index (Phi) is 18.8. The third-order valence-corrected chi connectivity index (χ3v) is 24.8. The summed E-state index contributed by atoms with van der Waals surface area (Å²) in [4.78, 5) is 0. The number of aromatic nitrogens is 2. The predicted octanol–water partition coefficient (Wildman–Crippen LogP) is 15.2. The summed E-state index contributed by atoms with van der Waals surface area (Å²) in [5, 5.41) is 4.92. The standard InChI is InChI=1S/C25H46P2.2C15H10N.2Au/c1-5-13-22(14-6-1)26(23-15-7-2-8-16-23)21-27(24-17-9-3-10-18-24)25-19-11-4-12-20-25;1-3-11-8-9-15-13(10-11)12-6-4-5-7-14(12)16(15)2;1-3-11-8-9-13-12-6-4-5-7-14(12)16(2)15(13)10-11;;/h22-25H,1-21H2;2*4-10H,2H3;;/q;2*-1;2*+1/p+2. The summed E-state index contributed by atoms with van der Waals surface area (Å²) in [6.07, 6.45) is 46.4. The van der Waals surface area contributed by atoms with Crippen molar-refractivity contribution >= 4 is 59.5 Å². The summed E-state index contributed by atoms with van der Waals surface area (Å²) in [7, 11) is 3.93. The van der Waals surface area contributed by atoms with E-state index < -0.39 is 0 Å². The molecule has 61 heavy (non-hydrogen) atoms. The molecule has 0 spiro atoms. The molecule has 10 rings (SSSR count). The van der Waals surface area contributed by atoms with Gasteiger partial charge in [0.2, 0.25) is 0 Å². The zero-order valence-corrected chi connectivity index (χ0v) is 43.1. The van der Waals surface area contributed by atoms with Gasteiger partial charge in [0.05, 0.1) is 22.6 Å². The molecule has 6 heteroatoms. The van der Waals surface area contributed by atoms with Gasteiger partial charge in [0.1, 0.15) is 0 Å². The van der Waals surface area contributed by atoms with Gasteiger partial charge in [-0.25, -0.2) is 0 Å². The smallest absolute Gasteiger partial charge is 0.366 e. The van der Waals surface area contributed by atoms with Gasteiger partial charge in [0.15, 0.2) is 5.90 Å². The van der Waals surface area contributed by atoms with Crippen molar-refractivity contribution in [2.45, 2.75) is 151 Å². The minimum Gasteiger partial charge on any atom is -0.366 e. The first-order valence-electron chi connectivity index (χ1n) is 23.5. The van der Waals surface area contributed by atoms with Gasteiger partial charge in [0, 0.05) is 68.2 Å². The quantitative estimate of drug-likeness (QED) is 0.0681. The van der Waals surface area contributed by atoms with Gasteiger partial charge in [-0.15, -0.1) is 35.4 Å². The summed E-state index contributed by atoms with van der Waals surface area (Å²) in [5.74, 6) is 6.72. The second-order valence-corrected chi connectivity index (χ2v) is 25.5. The van der Waals surface area contributed by atoms with Crippen LogP contribution < -0.4 is 0 Å². The van der Waals surface area contributed by atoms with Crippen LogP contribution in [0.5, 0.6) is 0 Å². The Labute approximate surface area is 402 Å². The minimum atomic E-state index is -0.0959. The maximum Gasteiger partial charge on any atom is 1.00 e. The molecule has 0 aliphatic heterocycles. The van der Waals surface area contributed by atoms with E-state index in [1.807, 2.05) is 54.4 Å². The molecule has 0 unspecified atom stereocenters. The molecule has 0 N–H and O–H groups in total. The summed E-state index contributed by atoms with van der Waals surface area (Å²) in [6, 6.07) is 28.7. The molecule has 4 aromatic carbocycles. The summed E-state index contributed by atoms with van der Waals surface area (Å²) in [5.41, 5.74) is 11.4. The van der Waals surface area contributed by atoms with Crippen molar-refractivity contribution in [3.05, 3.63) is 109 Å². The topological polar surface area (TPSA) is 9.86 Å². The predicted molar refractivity (Wildman–Crippen MR) is 262 cm³/mol. The number of para-hydroxylation sites is 2. The molecule has 4 aliphatic rings. The van der Waals surface area contributed by atoms with Gasteiger partial charge in [-0.1, -0.05) is 74.2 Å². The molecule has 0 radical (unpaired) electrons. The normalized spacial score (nSPS) is 18.1. The Balaban J connectivity index is 0.000000159. The molecule has 0 atom stereocenters. The van der Waals surface area contributed by atoms with E-state index in [9.17, 15) is 0 Å². The van der Waals surface area contributed by atoms with Crippen LogP contribution in [-0.4, -0.2) is 37.7 Å². The zero-order chi connectivity index (χ0) is 40.6. The van der Waals surface area contributed by atoms with Crippen molar-refractivity contribution in [1.82, 2.24) is 9.13 Å². The zero-order valence-electron chi connectivity index (χ0n) is 36.7. The maximum atomic E-state index is 7.18. The van der Waals surface area contributed by atoms with Crippen LogP contribution in [0.1, 0.15) is 140 Å². The molecule has 2 nitrogen and oxygen atoms in total. The monoisotopic (exact) mass is 1210 g/mol. The molecule has 4 fully saturated rings. The summed E-state index contributed by atoms with van der Waals surface area (Å²) in [6.45, 7) is 0. The molecule has 2 heterocycles. The fourth-order valence-electron chi connectivity index (χ4n) is 11.9. The van der Waals surface area contributed by atoms with Gasteiger partial charge < -0.3 is 22.0 Å². The van der Waals surface area contributed by atoms with Gasteiger partial charge in [-0.3, -0.25) is 11.8 Å². The van der Waals surface area contributed by atoms with Crippen LogP contribution in [0.4, 0.5) is 0 Å². The van der Waals surface area contributed by atoms with Crippen LogP contribution >= 0.6 is 15.8 Å². The minimum absolute atomic E-state index is 0. The molecule has 0 amide bonds. The Morgan fingerprint density at radius 2 is 0.770 bits per heavy atom. The van der Waals surface area contributed by atoms with Crippen LogP contribution in [0.3, 0.4) is 0 Å². The first-order chi connectivity index (χ1) is 29.0. The third kappa shape index (κ3) is 11.4. The van der Waals surface area contributed by atoms with Crippen LogP contribution in [0.15, 0.2) is 84.9 Å². The number of nitrogens with zero attached hydrogens (tertiary/aromatic N) is 2. The third-order valence-electron chi connectivity index (χ3n) is 15.0. The van der Waals surface area contributed by atoms with E-state index in [4.69, 9.17) is 12.8 Å². The molecule has 2 aromatic heterocycles. The van der Waals surface area contributed by atoms with Gasteiger partial charge in [-0.2, -0.15) is 0 Å². The molecule has 4 aliphatic carbocycles. The van der Waals surface area contributed by atoms with Crippen LogP contribution in [0, 0.1) is 24.7 Å². The van der Waals surface area contributed by atoms with Crippen LogP contribution in [0.25, 0.3) is 43.6 Å². The van der Waals surface area contributed by atoms with Gasteiger partial charge in [0.25, 0.3) is 0 Å². The molecular formula is C55H68Au2N2P2+2. The van der Waals surface area contributed by atoms with Crippen molar-refractivity contribution < 1.29 is 44.8 Å². The Morgan fingerprint density at radius 3 is 1.21 bits per heavy atom. The molecule has 328 valence electrons. The van der Waals surface area contributed by atoms with Crippen LogP contribution in [0.2, 0.25) is 0 Å². The number of benzene rings is 4. The van der Waals surface area contributed by atoms with Crippen molar-refractivity contribution in [2.75, 3.05) is 5.90 Å². The number of hydrogen-bond donors (Lipinski definition) is 0. The van der Waals surface area contributed by atoms with Crippen molar-refractivity contribution in [3.63, 3.8) is 0 Å². The van der Waals surface area contributed by atoms with Crippen LogP contribution in [-0.2, 0) is 58.9 Å². The number of rotatable bonds is 6. The number of aryl methyl sites for hydroxylation is 2. The number of hydrogen-bond acceptors (Lipinski definition) is 0. The SMILES string of the molecule is C1CCC([PH+](C[PH+](C2CCCCC2)C2CCCCC2)C2CCCCC2)CC1.[Au+].[Au+].[C-]#Cc1ccc2c(c1)c1ccccc1n2C.[C-]#Cc1ccc2c3ccccc3n(C)c2c1. The van der Waals surface area contributed by atoms with E-state index in [2.05, 4.69) is 71.5 Å². The number of fused-ring (bicyclic) bond motifs is 6. The molecule has 4 saturated carbocycles. The summed E-state index contributed by atoms with van der Waals surface area (Å²) < 4.78 is 4.34. The molecule has 6 aromatic rings. The van der Waals surface area contributed by atoms with E-state index >= 15 is 0 Å². The molecule has 0 bridgehead atoms. The van der Waals surface area contributed by atoms with E-state index in [1.165, 1.54) is 60.7 Å². The average Bonchev–Trinajstić information content (AvgIpc) is 3.77. The molecular weight excluding hydrogens is 1140 g/mol. The van der Waals surface area contributed by atoms with Crippen molar-refractivity contribution in [1.29, 1.82) is 0 Å². The fourth-order valence-corrected chi connectivity index (χ4v) is 24.3. The Hall–Kier alpha value is -2.06.